The maximum Gasteiger partial charge on any atom is 0.265 e. The molecule has 3 N–H and O–H groups in total. The second-order valence-corrected chi connectivity index (χ2v) is 7.84. The molecule has 0 atom stereocenters. The third-order valence-electron chi connectivity index (χ3n) is 4.16. The van der Waals surface area contributed by atoms with Crippen molar-refractivity contribution in [1.29, 1.82) is 0 Å². The predicted octanol–water partition coefficient (Wildman–Crippen LogP) is 2.57. The molecule has 0 saturated heterocycles. The van der Waals surface area contributed by atoms with Crippen LogP contribution in [0.15, 0.2) is 66.0 Å². The number of nitrogens with one attached hydrogen (secondary N) is 3. The summed E-state index contributed by atoms with van der Waals surface area (Å²) in [7, 11) is 4.23. The molecule has 144 valence electrons. The van der Waals surface area contributed by atoms with Gasteiger partial charge in [-0.2, -0.15) is 0 Å². The molecule has 0 radical (unpaired) electrons. The number of carbonyl (C=O) groups excluding carboxylic acids is 2. The molecule has 28 heavy (non-hydrogen) atoms. The van der Waals surface area contributed by atoms with Crippen LogP contribution in [0.1, 0.15) is 31.2 Å². The van der Waals surface area contributed by atoms with Crippen molar-refractivity contribution in [3.63, 3.8) is 0 Å². The fourth-order valence-corrected chi connectivity index (χ4v) is 3.43. The van der Waals surface area contributed by atoms with Crippen molar-refractivity contribution < 1.29 is 14.5 Å². The van der Waals surface area contributed by atoms with Gasteiger partial charge in [-0.3, -0.25) is 9.59 Å². The van der Waals surface area contributed by atoms with E-state index in [4.69, 9.17) is 0 Å². The van der Waals surface area contributed by atoms with E-state index >= 15 is 0 Å². The summed E-state index contributed by atoms with van der Waals surface area (Å²) in [6, 6.07) is 18.8. The Morgan fingerprint density at radius 2 is 1.68 bits per heavy atom. The van der Waals surface area contributed by atoms with E-state index in [-0.39, 0.29) is 11.8 Å². The molecule has 0 bridgehead atoms. The summed E-state index contributed by atoms with van der Waals surface area (Å²) in [5.41, 5.74) is 3.43. The molecule has 2 aromatic carbocycles. The van der Waals surface area contributed by atoms with Gasteiger partial charge in [0.05, 0.1) is 19.0 Å². The molecular weight excluding hydrogens is 370 g/mol. The van der Waals surface area contributed by atoms with Crippen molar-refractivity contribution in [3.05, 3.63) is 87.6 Å². The first-order valence-corrected chi connectivity index (χ1v) is 9.99. The van der Waals surface area contributed by atoms with Crippen LogP contribution in [0.3, 0.4) is 0 Å². The number of amides is 2. The molecule has 0 aliphatic carbocycles. The number of anilines is 1. The normalized spacial score (nSPS) is 10.7. The molecule has 2 amide bonds. The summed E-state index contributed by atoms with van der Waals surface area (Å²) in [4.78, 5) is 26.6. The van der Waals surface area contributed by atoms with Gasteiger partial charge in [0.25, 0.3) is 11.8 Å². The van der Waals surface area contributed by atoms with Crippen LogP contribution in [0.4, 0.5) is 5.69 Å². The minimum absolute atomic E-state index is 0.172. The lowest BCUT2D eigenvalue weighted by molar-refractivity contribution is -0.872. The van der Waals surface area contributed by atoms with Crippen molar-refractivity contribution in [2.24, 2.45) is 0 Å². The fourth-order valence-electron chi connectivity index (χ4n) is 2.81. The van der Waals surface area contributed by atoms with Gasteiger partial charge in [-0.05, 0) is 35.2 Å². The van der Waals surface area contributed by atoms with Gasteiger partial charge in [-0.1, -0.05) is 36.4 Å². The Bertz CT molecular complexity index is 935. The molecule has 0 spiro atoms. The second-order valence-electron chi connectivity index (χ2n) is 6.90. The lowest BCUT2D eigenvalue weighted by atomic mass is 10.1. The number of benzene rings is 2. The molecule has 3 rings (SSSR count). The highest BCUT2D eigenvalue weighted by molar-refractivity contribution is 7.12. The highest BCUT2D eigenvalue weighted by atomic mass is 32.1. The van der Waals surface area contributed by atoms with Crippen LogP contribution in [0.25, 0.3) is 0 Å². The summed E-state index contributed by atoms with van der Waals surface area (Å²) in [6.45, 7) is 1.43. The van der Waals surface area contributed by atoms with E-state index in [9.17, 15) is 9.59 Å². The highest BCUT2D eigenvalue weighted by Crippen LogP contribution is 2.15. The first kappa shape index (κ1) is 19.8. The van der Waals surface area contributed by atoms with E-state index in [2.05, 4.69) is 36.9 Å². The van der Waals surface area contributed by atoms with Crippen LogP contribution in [0, 0.1) is 0 Å². The van der Waals surface area contributed by atoms with Crippen molar-refractivity contribution >= 4 is 28.8 Å². The topological polar surface area (TPSA) is 62.6 Å². The fraction of sp³-hybridized carbons (Fsp3) is 0.182. The monoisotopic (exact) mass is 394 g/mol. The van der Waals surface area contributed by atoms with E-state index in [0.29, 0.717) is 22.7 Å². The van der Waals surface area contributed by atoms with Gasteiger partial charge >= 0.3 is 0 Å². The minimum atomic E-state index is -0.174. The molecule has 0 aliphatic rings. The Hall–Kier alpha value is -2.96. The van der Waals surface area contributed by atoms with Gasteiger partial charge in [0.2, 0.25) is 0 Å². The molecule has 1 heterocycles. The zero-order chi connectivity index (χ0) is 19.9. The van der Waals surface area contributed by atoms with Crippen LogP contribution in [-0.2, 0) is 13.1 Å². The average Bonchev–Trinajstić information content (AvgIpc) is 3.22. The van der Waals surface area contributed by atoms with Crippen molar-refractivity contribution in [2.45, 2.75) is 13.1 Å². The smallest absolute Gasteiger partial charge is 0.265 e. The Balaban J connectivity index is 1.57. The number of rotatable bonds is 7. The summed E-state index contributed by atoms with van der Waals surface area (Å²) >= 11 is 1.38. The van der Waals surface area contributed by atoms with Crippen molar-refractivity contribution in [1.82, 2.24) is 5.32 Å². The largest absolute Gasteiger partial charge is 0.348 e. The van der Waals surface area contributed by atoms with Gasteiger partial charge in [0, 0.05) is 23.4 Å². The van der Waals surface area contributed by atoms with Crippen LogP contribution >= 0.6 is 11.3 Å². The van der Waals surface area contributed by atoms with E-state index in [1.165, 1.54) is 21.8 Å². The molecule has 5 nitrogen and oxygen atoms in total. The van der Waals surface area contributed by atoms with Crippen LogP contribution in [0.5, 0.6) is 0 Å². The van der Waals surface area contributed by atoms with E-state index in [1.54, 1.807) is 30.3 Å². The summed E-state index contributed by atoms with van der Waals surface area (Å²) < 4.78 is 0. The zero-order valence-corrected chi connectivity index (χ0v) is 16.8. The number of thiophene rings is 1. The van der Waals surface area contributed by atoms with E-state index < -0.39 is 0 Å². The van der Waals surface area contributed by atoms with Crippen LogP contribution < -0.4 is 15.5 Å². The third-order valence-corrected chi connectivity index (χ3v) is 5.03. The maximum atomic E-state index is 12.5. The molecule has 0 unspecified atom stereocenters. The number of hydrogen-bond donors (Lipinski definition) is 3. The average molecular weight is 395 g/mol. The first-order valence-electron chi connectivity index (χ1n) is 9.11. The molecule has 0 aliphatic heterocycles. The molecule has 1 aromatic heterocycles. The Labute approximate surface area is 169 Å². The number of hydrogen-bond acceptors (Lipinski definition) is 3. The summed E-state index contributed by atoms with van der Waals surface area (Å²) in [5.74, 6) is -0.346. The summed E-state index contributed by atoms with van der Waals surface area (Å²) in [5, 5.41) is 7.61. The quantitative estimate of drug-likeness (QED) is 0.577. The minimum Gasteiger partial charge on any atom is -0.348 e. The van der Waals surface area contributed by atoms with Gasteiger partial charge in [0.15, 0.2) is 0 Å². The second kappa shape index (κ2) is 9.30. The predicted molar refractivity (Wildman–Crippen MR) is 113 cm³/mol. The van der Waals surface area contributed by atoms with Crippen molar-refractivity contribution in [2.75, 3.05) is 19.4 Å². The standard InChI is InChI=1S/C22H23N3O2S/c1-25(2)15-17-10-8-16(9-11-17)14-23-21(26)18-5-3-6-19(13-18)24-22(27)20-7-4-12-28-20/h3-13H,14-15H2,1-2H3,(H,23,26)(H,24,27)/p+1. The van der Waals surface area contributed by atoms with Crippen LogP contribution in [-0.4, -0.2) is 25.9 Å². The highest BCUT2D eigenvalue weighted by Gasteiger charge is 2.10. The van der Waals surface area contributed by atoms with Crippen molar-refractivity contribution in [3.8, 4) is 0 Å². The van der Waals surface area contributed by atoms with E-state index in [1.807, 2.05) is 23.6 Å². The number of carbonyl (C=O) groups is 2. The Morgan fingerprint density at radius 3 is 2.36 bits per heavy atom. The third kappa shape index (κ3) is 5.52. The maximum absolute atomic E-state index is 12.5. The molecule has 0 fully saturated rings. The lowest BCUT2D eigenvalue weighted by Crippen LogP contribution is -3.04. The molecular formula is C22H24N3O2S+. The molecule has 3 aromatic rings. The Morgan fingerprint density at radius 1 is 0.929 bits per heavy atom. The zero-order valence-electron chi connectivity index (χ0n) is 16.0. The van der Waals surface area contributed by atoms with Gasteiger partial charge in [-0.25, -0.2) is 0 Å². The lowest BCUT2D eigenvalue weighted by Gasteiger charge is -2.10. The summed E-state index contributed by atoms with van der Waals surface area (Å²) in [6.07, 6.45) is 0. The first-order chi connectivity index (χ1) is 13.5. The van der Waals surface area contributed by atoms with E-state index in [0.717, 1.165) is 12.1 Å². The number of quaternary nitrogens is 1. The van der Waals surface area contributed by atoms with Gasteiger partial charge < -0.3 is 15.5 Å². The SMILES string of the molecule is C[NH+](C)Cc1ccc(CNC(=O)c2cccc(NC(=O)c3cccs3)c2)cc1. The molecule has 0 saturated carbocycles. The Kier molecular flexibility index (Phi) is 6.57. The van der Waals surface area contributed by atoms with Gasteiger partial charge in [-0.15, -0.1) is 11.3 Å². The van der Waals surface area contributed by atoms with Gasteiger partial charge in [0.1, 0.15) is 6.54 Å². The van der Waals surface area contributed by atoms with Crippen LogP contribution in [0.2, 0.25) is 0 Å². The molecule has 6 heteroatoms.